The van der Waals surface area contributed by atoms with Gasteiger partial charge in [0.25, 0.3) is 0 Å². The maximum atomic E-state index is 9.10. The summed E-state index contributed by atoms with van der Waals surface area (Å²) >= 11 is 0. The van der Waals surface area contributed by atoms with Gasteiger partial charge >= 0.3 is 0 Å². The molecule has 1 fully saturated rings. The quantitative estimate of drug-likeness (QED) is 0.837. The molecule has 1 unspecified atom stereocenters. The molecule has 4 nitrogen and oxygen atoms in total. The van der Waals surface area contributed by atoms with Gasteiger partial charge in [0.05, 0.1) is 0 Å². The first-order chi connectivity index (χ1) is 8.65. The minimum atomic E-state index is -0.247. The highest BCUT2D eigenvalue weighted by Crippen LogP contribution is 2.36. The topological polar surface area (TPSA) is 51.8 Å². The molecule has 0 aromatic carbocycles. The molecule has 1 aliphatic heterocycles. The summed E-state index contributed by atoms with van der Waals surface area (Å²) in [5.74, 6) is 1.30. The summed E-state index contributed by atoms with van der Waals surface area (Å²) in [6, 6.07) is 1.84. The highest BCUT2D eigenvalue weighted by molar-refractivity contribution is 5.24. The first-order valence-electron chi connectivity index (χ1n) is 6.33. The van der Waals surface area contributed by atoms with Gasteiger partial charge in [-0.25, -0.2) is 0 Å². The molecule has 1 saturated heterocycles. The lowest BCUT2D eigenvalue weighted by atomic mass is 10.1. The van der Waals surface area contributed by atoms with Crippen LogP contribution in [-0.2, 0) is 16.1 Å². The third-order valence-corrected chi connectivity index (χ3v) is 2.97. The molecule has 100 valence electrons. The average molecular weight is 252 g/mol. The maximum Gasteiger partial charge on any atom is 0.156 e. The molecule has 18 heavy (non-hydrogen) atoms. The Morgan fingerprint density at radius 3 is 2.78 bits per heavy atom. The normalized spacial score (nSPS) is 28.3. The Kier molecular flexibility index (Phi) is 4.22. The van der Waals surface area contributed by atoms with Crippen molar-refractivity contribution in [3.05, 3.63) is 35.3 Å². The van der Waals surface area contributed by atoms with E-state index in [9.17, 15) is 0 Å². The smallest absolute Gasteiger partial charge is 0.156 e. The fraction of sp³-hybridized carbons (Fsp3) is 0.571. The second-order valence-electron chi connectivity index (χ2n) is 4.48. The van der Waals surface area contributed by atoms with Crippen LogP contribution in [0.15, 0.2) is 22.6 Å². The Balaban J connectivity index is 2.23. The number of hydrogen-bond donors (Lipinski definition) is 1. The molecule has 2 rings (SSSR count). The molecule has 1 aromatic rings. The molecule has 3 atom stereocenters. The number of aliphatic hydroxyl groups is 1. The van der Waals surface area contributed by atoms with Gasteiger partial charge in [-0.1, -0.05) is 19.1 Å². The van der Waals surface area contributed by atoms with Gasteiger partial charge in [-0.3, -0.25) is 0 Å². The molecule has 0 aliphatic carbocycles. The van der Waals surface area contributed by atoms with Gasteiger partial charge in [-0.2, -0.15) is 0 Å². The predicted molar refractivity (Wildman–Crippen MR) is 67.0 cm³/mol. The Hall–Kier alpha value is -1.10. The summed E-state index contributed by atoms with van der Waals surface area (Å²) in [6.45, 7) is 5.80. The van der Waals surface area contributed by atoms with Crippen molar-refractivity contribution in [3.63, 3.8) is 0 Å². The van der Waals surface area contributed by atoms with Crippen LogP contribution in [0.5, 0.6) is 0 Å². The molecule has 0 amide bonds. The van der Waals surface area contributed by atoms with Gasteiger partial charge < -0.3 is 19.0 Å². The highest BCUT2D eigenvalue weighted by atomic mass is 16.7. The minimum absolute atomic E-state index is 0.0978. The molecule has 0 bridgehead atoms. The second kappa shape index (κ2) is 5.69. The maximum absolute atomic E-state index is 9.10. The van der Waals surface area contributed by atoms with E-state index in [2.05, 4.69) is 13.0 Å². The van der Waals surface area contributed by atoms with Gasteiger partial charge in [0.15, 0.2) is 6.29 Å². The number of furan rings is 1. The highest BCUT2D eigenvalue weighted by Gasteiger charge is 2.36. The van der Waals surface area contributed by atoms with Crippen LogP contribution in [-0.4, -0.2) is 17.5 Å². The second-order valence-corrected chi connectivity index (χ2v) is 4.48. The minimum Gasteiger partial charge on any atom is -0.460 e. The largest absolute Gasteiger partial charge is 0.460 e. The number of allylic oxidation sites excluding steroid dienone is 1. The van der Waals surface area contributed by atoms with Crippen molar-refractivity contribution < 1.29 is 19.0 Å². The average Bonchev–Trinajstić information content (AvgIpc) is 2.89. The zero-order valence-corrected chi connectivity index (χ0v) is 11.1. The standard InChI is InChI=1S/C14H20O4/c1-4-5-6-12-14(17-10(3)16-12)13-9(2)7-11(8-15)18-13/h5-7,10,12,14-15H,4,8H2,1-3H3/b6-5-/t10?,12-,14-/m0/s1. The van der Waals surface area contributed by atoms with Crippen LogP contribution in [0.1, 0.15) is 43.5 Å². The lowest BCUT2D eigenvalue weighted by molar-refractivity contribution is -0.0501. The Morgan fingerprint density at radius 2 is 2.17 bits per heavy atom. The first kappa shape index (κ1) is 13.3. The van der Waals surface area contributed by atoms with Gasteiger partial charge in [0, 0.05) is 0 Å². The van der Waals surface area contributed by atoms with E-state index in [-0.39, 0.29) is 25.1 Å². The molecule has 0 radical (unpaired) electrons. The molecular formula is C14H20O4. The number of aliphatic hydroxyl groups excluding tert-OH is 1. The summed E-state index contributed by atoms with van der Waals surface area (Å²) in [4.78, 5) is 0. The lowest BCUT2D eigenvalue weighted by Gasteiger charge is -2.12. The fourth-order valence-corrected chi connectivity index (χ4v) is 2.16. The summed E-state index contributed by atoms with van der Waals surface area (Å²) in [7, 11) is 0. The summed E-state index contributed by atoms with van der Waals surface area (Å²) in [5.41, 5.74) is 0.983. The van der Waals surface area contributed by atoms with Gasteiger partial charge in [0.2, 0.25) is 0 Å². The van der Waals surface area contributed by atoms with Crippen molar-refractivity contribution in [3.8, 4) is 0 Å². The van der Waals surface area contributed by atoms with E-state index in [0.717, 1.165) is 17.7 Å². The molecule has 1 N–H and O–H groups in total. The summed E-state index contributed by atoms with van der Waals surface area (Å²) < 4.78 is 17.1. The van der Waals surface area contributed by atoms with Crippen LogP contribution in [0.25, 0.3) is 0 Å². The Bertz CT molecular complexity index is 421. The molecule has 2 heterocycles. The number of aryl methyl sites for hydroxylation is 1. The van der Waals surface area contributed by atoms with E-state index in [1.54, 1.807) is 0 Å². The van der Waals surface area contributed by atoms with Crippen LogP contribution in [0.4, 0.5) is 0 Å². The van der Waals surface area contributed by atoms with E-state index < -0.39 is 0 Å². The van der Waals surface area contributed by atoms with E-state index in [1.165, 1.54) is 0 Å². The monoisotopic (exact) mass is 252 g/mol. The third-order valence-electron chi connectivity index (χ3n) is 2.97. The van der Waals surface area contributed by atoms with Crippen molar-refractivity contribution >= 4 is 0 Å². The van der Waals surface area contributed by atoms with Gasteiger partial charge in [0.1, 0.15) is 30.3 Å². The van der Waals surface area contributed by atoms with Crippen molar-refractivity contribution in [1.29, 1.82) is 0 Å². The fourth-order valence-electron chi connectivity index (χ4n) is 2.16. The zero-order chi connectivity index (χ0) is 13.1. The molecule has 4 heteroatoms. The van der Waals surface area contributed by atoms with Gasteiger partial charge in [-0.15, -0.1) is 0 Å². The van der Waals surface area contributed by atoms with Crippen molar-refractivity contribution in [2.24, 2.45) is 0 Å². The van der Waals surface area contributed by atoms with E-state index in [0.29, 0.717) is 5.76 Å². The van der Waals surface area contributed by atoms with Crippen LogP contribution >= 0.6 is 0 Å². The Labute approximate surface area is 107 Å². The Morgan fingerprint density at radius 1 is 1.39 bits per heavy atom. The van der Waals surface area contributed by atoms with Crippen molar-refractivity contribution in [1.82, 2.24) is 0 Å². The SMILES string of the molecule is CC/C=C\[C@@H]1OC(C)O[C@@H]1c1oc(CO)cc1C. The molecular weight excluding hydrogens is 232 g/mol. The third kappa shape index (κ3) is 2.66. The van der Waals surface area contributed by atoms with Crippen LogP contribution < -0.4 is 0 Å². The molecule has 1 aliphatic rings. The number of hydrogen-bond acceptors (Lipinski definition) is 4. The van der Waals surface area contributed by atoms with E-state index >= 15 is 0 Å². The molecule has 0 spiro atoms. The van der Waals surface area contributed by atoms with Crippen molar-refractivity contribution in [2.75, 3.05) is 0 Å². The molecule has 1 aromatic heterocycles. The van der Waals surface area contributed by atoms with Gasteiger partial charge in [-0.05, 0) is 31.9 Å². The molecule has 0 saturated carbocycles. The van der Waals surface area contributed by atoms with Crippen molar-refractivity contribution in [2.45, 2.75) is 52.3 Å². The van der Waals surface area contributed by atoms with Crippen LogP contribution in [0.3, 0.4) is 0 Å². The van der Waals surface area contributed by atoms with Crippen LogP contribution in [0, 0.1) is 6.92 Å². The van der Waals surface area contributed by atoms with Crippen LogP contribution in [0.2, 0.25) is 0 Å². The zero-order valence-electron chi connectivity index (χ0n) is 11.1. The summed E-state index contributed by atoms with van der Waals surface area (Å²) in [6.07, 6.45) is 4.42. The summed E-state index contributed by atoms with van der Waals surface area (Å²) in [5, 5.41) is 9.10. The van der Waals surface area contributed by atoms with E-state index in [1.807, 2.05) is 26.0 Å². The first-order valence-corrected chi connectivity index (χ1v) is 6.33. The lowest BCUT2D eigenvalue weighted by Crippen LogP contribution is -2.12. The predicted octanol–water partition coefficient (Wildman–Crippen LogP) is 2.85. The number of rotatable bonds is 4. The van der Waals surface area contributed by atoms with E-state index in [4.69, 9.17) is 19.0 Å². The number of ether oxygens (including phenoxy) is 2.